The van der Waals surface area contributed by atoms with E-state index in [9.17, 15) is 4.79 Å². The predicted molar refractivity (Wildman–Crippen MR) is 77.9 cm³/mol. The highest BCUT2D eigenvalue weighted by Gasteiger charge is 2.42. The van der Waals surface area contributed by atoms with Gasteiger partial charge in [0, 0.05) is 18.1 Å². The van der Waals surface area contributed by atoms with Gasteiger partial charge in [-0.3, -0.25) is 4.79 Å². The molecular weight excluding hydrogens is 252 g/mol. The van der Waals surface area contributed by atoms with Crippen molar-refractivity contribution in [2.24, 2.45) is 5.73 Å². The van der Waals surface area contributed by atoms with Gasteiger partial charge in [0.1, 0.15) is 5.75 Å². The standard InChI is InChI=1S/C16H22N2O2/c1-10-3-6-15(20-2)14(7-10)16(19)18-12-4-5-13(18)9-11(17)8-12/h3,6-7,11-13H,4-5,8-9,17H2,1-2H3. The largest absolute Gasteiger partial charge is 0.496 e. The van der Waals surface area contributed by atoms with Crippen molar-refractivity contribution in [1.29, 1.82) is 0 Å². The molecule has 3 rings (SSSR count). The van der Waals surface area contributed by atoms with Crippen molar-refractivity contribution in [2.45, 2.75) is 50.7 Å². The Labute approximate surface area is 119 Å². The molecule has 2 aliphatic heterocycles. The third-order valence-corrected chi connectivity index (χ3v) is 4.59. The zero-order valence-corrected chi connectivity index (χ0v) is 12.1. The van der Waals surface area contributed by atoms with Crippen LogP contribution < -0.4 is 10.5 Å². The Balaban J connectivity index is 1.92. The van der Waals surface area contributed by atoms with Crippen LogP contribution in [0.15, 0.2) is 18.2 Å². The first kappa shape index (κ1) is 13.4. The lowest BCUT2D eigenvalue weighted by molar-refractivity contribution is 0.0571. The van der Waals surface area contributed by atoms with E-state index in [1.807, 2.05) is 25.1 Å². The molecule has 0 aromatic heterocycles. The maximum Gasteiger partial charge on any atom is 0.258 e. The van der Waals surface area contributed by atoms with Gasteiger partial charge in [0.25, 0.3) is 5.91 Å². The minimum atomic E-state index is 0.102. The van der Waals surface area contributed by atoms with Crippen molar-refractivity contribution >= 4 is 5.91 Å². The minimum absolute atomic E-state index is 0.102. The second-order valence-electron chi connectivity index (χ2n) is 6.03. The maximum atomic E-state index is 12.9. The number of piperidine rings is 1. The summed E-state index contributed by atoms with van der Waals surface area (Å²) >= 11 is 0. The number of rotatable bonds is 2. The number of nitrogens with zero attached hydrogens (tertiary/aromatic N) is 1. The first-order chi connectivity index (χ1) is 9.60. The Morgan fingerprint density at radius 1 is 1.30 bits per heavy atom. The first-order valence-corrected chi connectivity index (χ1v) is 7.33. The summed E-state index contributed by atoms with van der Waals surface area (Å²) in [7, 11) is 1.61. The SMILES string of the molecule is COc1ccc(C)cc1C(=O)N1C2CCC1CC(N)C2. The molecule has 0 saturated carbocycles. The molecule has 2 N–H and O–H groups in total. The Morgan fingerprint density at radius 2 is 1.95 bits per heavy atom. The fourth-order valence-corrected chi connectivity index (χ4v) is 3.68. The van der Waals surface area contributed by atoms with E-state index in [0.717, 1.165) is 31.2 Å². The lowest BCUT2D eigenvalue weighted by Gasteiger charge is -2.38. The van der Waals surface area contributed by atoms with Gasteiger partial charge >= 0.3 is 0 Å². The minimum Gasteiger partial charge on any atom is -0.496 e. The van der Waals surface area contributed by atoms with Crippen molar-refractivity contribution in [1.82, 2.24) is 4.90 Å². The highest BCUT2D eigenvalue weighted by Crippen LogP contribution is 2.37. The van der Waals surface area contributed by atoms with Crippen LogP contribution in [0.5, 0.6) is 5.75 Å². The van der Waals surface area contributed by atoms with Crippen molar-refractivity contribution < 1.29 is 9.53 Å². The summed E-state index contributed by atoms with van der Waals surface area (Å²) in [5.41, 5.74) is 7.83. The van der Waals surface area contributed by atoms with Gasteiger partial charge in [0.2, 0.25) is 0 Å². The first-order valence-electron chi connectivity index (χ1n) is 7.33. The van der Waals surface area contributed by atoms with Crippen LogP contribution in [-0.4, -0.2) is 36.0 Å². The van der Waals surface area contributed by atoms with Gasteiger partial charge in [0.15, 0.2) is 0 Å². The molecule has 0 radical (unpaired) electrons. The average Bonchev–Trinajstić information content (AvgIpc) is 2.70. The fraction of sp³-hybridized carbons (Fsp3) is 0.562. The summed E-state index contributed by atoms with van der Waals surface area (Å²) in [6, 6.07) is 6.63. The number of carbonyl (C=O) groups excluding carboxylic acids is 1. The highest BCUT2D eigenvalue weighted by atomic mass is 16.5. The lowest BCUT2D eigenvalue weighted by atomic mass is 9.96. The number of hydrogen-bond acceptors (Lipinski definition) is 3. The third kappa shape index (κ3) is 2.18. The van der Waals surface area contributed by atoms with E-state index in [-0.39, 0.29) is 11.9 Å². The molecule has 1 aromatic rings. The second kappa shape index (κ2) is 5.09. The van der Waals surface area contributed by atoms with E-state index in [1.54, 1.807) is 7.11 Å². The van der Waals surface area contributed by atoms with Crippen molar-refractivity contribution in [3.63, 3.8) is 0 Å². The zero-order chi connectivity index (χ0) is 14.3. The summed E-state index contributed by atoms with van der Waals surface area (Å²) < 4.78 is 5.35. The molecule has 2 unspecified atom stereocenters. The van der Waals surface area contributed by atoms with Crippen LogP contribution >= 0.6 is 0 Å². The van der Waals surface area contributed by atoms with Crippen LogP contribution in [0.3, 0.4) is 0 Å². The summed E-state index contributed by atoms with van der Waals surface area (Å²) in [6.07, 6.45) is 4.02. The predicted octanol–water partition coefficient (Wildman–Crippen LogP) is 2.10. The van der Waals surface area contributed by atoms with E-state index in [0.29, 0.717) is 23.4 Å². The van der Waals surface area contributed by atoms with E-state index >= 15 is 0 Å². The topological polar surface area (TPSA) is 55.6 Å². The van der Waals surface area contributed by atoms with Gasteiger partial charge in [-0.1, -0.05) is 11.6 Å². The number of amides is 1. The van der Waals surface area contributed by atoms with E-state index in [2.05, 4.69) is 4.90 Å². The number of carbonyl (C=O) groups is 1. The van der Waals surface area contributed by atoms with Crippen LogP contribution in [0.2, 0.25) is 0 Å². The molecule has 0 spiro atoms. The number of nitrogens with two attached hydrogens (primary N) is 1. The Bertz CT molecular complexity index is 515. The molecule has 20 heavy (non-hydrogen) atoms. The smallest absolute Gasteiger partial charge is 0.258 e. The Morgan fingerprint density at radius 3 is 2.55 bits per heavy atom. The fourth-order valence-electron chi connectivity index (χ4n) is 3.68. The lowest BCUT2D eigenvalue weighted by Crippen LogP contribution is -2.50. The van der Waals surface area contributed by atoms with Crippen molar-refractivity contribution in [2.75, 3.05) is 7.11 Å². The molecule has 2 fully saturated rings. The number of benzene rings is 1. The van der Waals surface area contributed by atoms with Gasteiger partial charge in [-0.2, -0.15) is 0 Å². The monoisotopic (exact) mass is 274 g/mol. The van der Waals surface area contributed by atoms with Crippen molar-refractivity contribution in [3.8, 4) is 5.75 Å². The molecule has 2 bridgehead atoms. The number of methoxy groups -OCH3 is 1. The van der Waals surface area contributed by atoms with E-state index in [4.69, 9.17) is 10.5 Å². The highest BCUT2D eigenvalue weighted by molar-refractivity contribution is 5.97. The molecule has 108 valence electrons. The summed E-state index contributed by atoms with van der Waals surface area (Å²) in [5.74, 6) is 0.764. The van der Waals surface area contributed by atoms with Crippen molar-refractivity contribution in [3.05, 3.63) is 29.3 Å². The molecular formula is C16H22N2O2. The van der Waals surface area contributed by atoms with Crippen LogP contribution in [0.25, 0.3) is 0 Å². The molecule has 2 aliphatic rings. The number of aryl methyl sites for hydroxylation is 1. The molecule has 4 heteroatoms. The van der Waals surface area contributed by atoms with Gasteiger partial charge in [0.05, 0.1) is 12.7 Å². The van der Waals surface area contributed by atoms with Crippen LogP contribution in [0.1, 0.15) is 41.6 Å². The van der Waals surface area contributed by atoms with Gasteiger partial charge in [-0.25, -0.2) is 0 Å². The van der Waals surface area contributed by atoms with E-state index in [1.165, 1.54) is 0 Å². The summed E-state index contributed by atoms with van der Waals surface area (Å²) in [4.78, 5) is 15.0. The van der Waals surface area contributed by atoms with Crippen LogP contribution in [0, 0.1) is 6.92 Å². The number of fused-ring (bicyclic) bond motifs is 2. The Kier molecular flexibility index (Phi) is 3.42. The van der Waals surface area contributed by atoms with Gasteiger partial charge < -0.3 is 15.4 Å². The molecule has 1 amide bonds. The zero-order valence-electron chi connectivity index (χ0n) is 12.1. The molecule has 0 aliphatic carbocycles. The Hall–Kier alpha value is -1.55. The third-order valence-electron chi connectivity index (χ3n) is 4.59. The molecule has 2 atom stereocenters. The summed E-state index contributed by atoms with van der Waals surface area (Å²) in [6.45, 7) is 2.00. The normalized spacial score (nSPS) is 28.6. The molecule has 2 heterocycles. The molecule has 2 saturated heterocycles. The summed E-state index contributed by atoms with van der Waals surface area (Å²) in [5, 5.41) is 0. The van der Waals surface area contributed by atoms with E-state index < -0.39 is 0 Å². The maximum absolute atomic E-state index is 12.9. The number of ether oxygens (including phenoxy) is 1. The molecule has 4 nitrogen and oxygen atoms in total. The van der Waals surface area contributed by atoms with Crippen LogP contribution in [0.4, 0.5) is 0 Å². The van der Waals surface area contributed by atoms with Gasteiger partial charge in [-0.15, -0.1) is 0 Å². The second-order valence-corrected chi connectivity index (χ2v) is 6.03. The average molecular weight is 274 g/mol. The quantitative estimate of drug-likeness (QED) is 0.898. The number of hydrogen-bond donors (Lipinski definition) is 1. The molecule has 1 aromatic carbocycles. The van der Waals surface area contributed by atoms with Gasteiger partial charge in [-0.05, 0) is 44.7 Å². The van der Waals surface area contributed by atoms with Crippen LogP contribution in [-0.2, 0) is 0 Å².